The highest BCUT2D eigenvalue weighted by Gasteiger charge is 2.22. The molecule has 1 N–H and O–H groups in total. The first-order chi connectivity index (χ1) is 15.8. The maximum Gasteiger partial charge on any atom is 0.259 e. The molecule has 1 aliphatic rings. The number of amides is 1. The number of hydrogen-bond acceptors (Lipinski definition) is 7. The SMILES string of the molecule is O=C(NCCCN1CCOCC1)c1cc(-c2cccs2)nc2onc(-c3ccccc3)c12. The summed E-state index contributed by atoms with van der Waals surface area (Å²) in [5.74, 6) is -0.141. The monoisotopic (exact) mass is 448 g/mol. The largest absolute Gasteiger partial charge is 0.379 e. The lowest BCUT2D eigenvalue weighted by atomic mass is 10.0. The van der Waals surface area contributed by atoms with Crippen LogP contribution in [0.3, 0.4) is 0 Å². The minimum atomic E-state index is -0.141. The van der Waals surface area contributed by atoms with E-state index in [2.05, 4.69) is 20.4 Å². The Bertz CT molecular complexity index is 1180. The molecule has 0 bridgehead atoms. The first-order valence-electron chi connectivity index (χ1n) is 10.8. The second-order valence-corrected chi connectivity index (χ2v) is 8.62. The van der Waals surface area contributed by atoms with Crippen LogP contribution >= 0.6 is 11.3 Å². The average Bonchev–Trinajstić information content (AvgIpc) is 3.53. The van der Waals surface area contributed by atoms with Crippen LogP contribution in [0.1, 0.15) is 16.8 Å². The zero-order valence-electron chi connectivity index (χ0n) is 17.6. The van der Waals surface area contributed by atoms with Crippen molar-refractivity contribution in [3.05, 3.63) is 59.5 Å². The van der Waals surface area contributed by atoms with Crippen molar-refractivity contribution in [2.24, 2.45) is 0 Å². The van der Waals surface area contributed by atoms with E-state index in [-0.39, 0.29) is 5.91 Å². The molecule has 1 saturated heterocycles. The van der Waals surface area contributed by atoms with E-state index in [4.69, 9.17) is 9.26 Å². The quantitative estimate of drug-likeness (QED) is 0.429. The molecule has 0 spiro atoms. The molecule has 1 aromatic carbocycles. The maximum absolute atomic E-state index is 13.3. The van der Waals surface area contributed by atoms with Crippen LogP contribution in [0.15, 0.2) is 58.4 Å². The maximum atomic E-state index is 13.3. The third kappa shape index (κ3) is 4.43. The fraction of sp³-hybridized carbons (Fsp3) is 0.292. The Morgan fingerprint density at radius 2 is 1.97 bits per heavy atom. The molecule has 4 aromatic rings. The highest BCUT2D eigenvalue weighted by atomic mass is 32.1. The van der Waals surface area contributed by atoms with Gasteiger partial charge in [-0.3, -0.25) is 9.69 Å². The smallest absolute Gasteiger partial charge is 0.259 e. The van der Waals surface area contributed by atoms with Crippen LogP contribution in [-0.2, 0) is 4.74 Å². The van der Waals surface area contributed by atoms with Crippen LogP contribution in [0.4, 0.5) is 0 Å². The third-order valence-electron chi connectivity index (χ3n) is 5.55. The van der Waals surface area contributed by atoms with Gasteiger partial charge >= 0.3 is 0 Å². The molecule has 1 fully saturated rings. The van der Waals surface area contributed by atoms with E-state index in [1.165, 1.54) is 0 Å². The fourth-order valence-electron chi connectivity index (χ4n) is 3.90. The van der Waals surface area contributed by atoms with Crippen LogP contribution in [0.2, 0.25) is 0 Å². The molecule has 32 heavy (non-hydrogen) atoms. The van der Waals surface area contributed by atoms with E-state index in [1.54, 1.807) is 11.3 Å². The Kier molecular flexibility index (Phi) is 6.24. The molecule has 4 heterocycles. The average molecular weight is 449 g/mol. The summed E-state index contributed by atoms with van der Waals surface area (Å²) in [7, 11) is 0. The summed E-state index contributed by atoms with van der Waals surface area (Å²) in [4.78, 5) is 21.3. The summed E-state index contributed by atoms with van der Waals surface area (Å²) >= 11 is 1.57. The van der Waals surface area contributed by atoms with E-state index >= 15 is 0 Å². The van der Waals surface area contributed by atoms with Crippen molar-refractivity contribution in [3.8, 4) is 21.8 Å². The van der Waals surface area contributed by atoms with E-state index in [9.17, 15) is 4.79 Å². The zero-order chi connectivity index (χ0) is 21.8. The van der Waals surface area contributed by atoms with Crippen LogP contribution < -0.4 is 5.32 Å². The van der Waals surface area contributed by atoms with Gasteiger partial charge in [-0.15, -0.1) is 11.3 Å². The summed E-state index contributed by atoms with van der Waals surface area (Å²) in [6.07, 6.45) is 0.882. The minimum absolute atomic E-state index is 0.141. The van der Waals surface area contributed by atoms with Gasteiger partial charge in [0.25, 0.3) is 11.6 Å². The van der Waals surface area contributed by atoms with Crippen LogP contribution in [0, 0.1) is 0 Å². The lowest BCUT2D eigenvalue weighted by Crippen LogP contribution is -2.38. The molecule has 0 atom stereocenters. The van der Waals surface area contributed by atoms with Crippen molar-refractivity contribution in [2.45, 2.75) is 6.42 Å². The van der Waals surface area contributed by atoms with E-state index in [1.807, 2.05) is 53.9 Å². The van der Waals surface area contributed by atoms with Crippen LogP contribution in [0.5, 0.6) is 0 Å². The van der Waals surface area contributed by atoms with Gasteiger partial charge in [0.1, 0.15) is 5.69 Å². The Hall–Kier alpha value is -3.07. The normalized spacial score (nSPS) is 14.6. The van der Waals surface area contributed by atoms with E-state index in [0.29, 0.717) is 34.6 Å². The summed E-state index contributed by atoms with van der Waals surface area (Å²) in [5.41, 5.74) is 3.13. The summed E-state index contributed by atoms with van der Waals surface area (Å²) in [6, 6.07) is 15.5. The van der Waals surface area contributed by atoms with Crippen molar-refractivity contribution in [2.75, 3.05) is 39.4 Å². The third-order valence-corrected chi connectivity index (χ3v) is 6.44. The summed E-state index contributed by atoms with van der Waals surface area (Å²) in [6.45, 7) is 5.00. The number of thiophene rings is 1. The van der Waals surface area contributed by atoms with Gasteiger partial charge in [-0.1, -0.05) is 41.6 Å². The number of pyridine rings is 1. The second-order valence-electron chi connectivity index (χ2n) is 7.67. The van der Waals surface area contributed by atoms with Gasteiger partial charge in [0.05, 0.1) is 34.7 Å². The number of nitrogens with one attached hydrogen (secondary N) is 1. The van der Waals surface area contributed by atoms with Gasteiger partial charge < -0.3 is 14.6 Å². The highest BCUT2D eigenvalue weighted by molar-refractivity contribution is 7.13. The number of aromatic nitrogens is 2. The second kappa shape index (κ2) is 9.60. The Balaban J connectivity index is 1.42. The molecule has 0 saturated carbocycles. The van der Waals surface area contributed by atoms with Gasteiger partial charge in [0, 0.05) is 25.2 Å². The number of benzene rings is 1. The number of fused-ring (bicyclic) bond motifs is 1. The van der Waals surface area contributed by atoms with Gasteiger partial charge in [0.2, 0.25) is 0 Å². The topological polar surface area (TPSA) is 80.5 Å². The van der Waals surface area contributed by atoms with Crippen molar-refractivity contribution in [1.82, 2.24) is 20.4 Å². The molecule has 0 unspecified atom stereocenters. The van der Waals surface area contributed by atoms with Gasteiger partial charge in [-0.25, -0.2) is 4.98 Å². The first kappa shape index (κ1) is 20.8. The van der Waals surface area contributed by atoms with E-state index in [0.717, 1.165) is 49.7 Å². The van der Waals surface area contributed by atoms with Gasteiger partial charge in [-0.05, 0) is 30.5 Å². The highest BCUT2D eigenvalue weighted by Crippen LogP contribution is 2.33. The molecular formula is C24H24N4O3S. The van der Waals surface area contributed by atoms with Crippen molar-refractivity contribution >= 4 is 28.3 Å². The summed E-state index contributed by atoms with van der Waals surface area (Å²) < 4.78 is 11.0. The minimum Gasteiger partial charge on any atom is -0.379 e. The van der Waals surface area contributed by atoms with Crippen molar-refractivity contribution in [1.29, 1.82) is 0 Å². The number of carbonyl (C=O) groups excluding carboxylic acids is 1. The number of hydrogen-bond donors (Lipinski definition) is 1. The molecule has 5 rings (SSSR count). The number of rotatable bonds is 7. The molecule has 1 aliphatic heterocycles. The molecule has 164 valence electrons. The molecule has 1 amide bonds. The molecule has 7 nitrogen and oxygen atoms in total. The number of nitrogens with zero attached hydrogens (tertiary/aromatic N) is 3. The van der Waals surface area contributed by atoms with E-state index < -0.39 is 0 Å². The van der Waals surface area contributed by atoms with Gasteiger partial charge in [0.15, 0.2) is 0 Å². The zero-order valence-corrected chi connectivity index (χ0v) is 18.4. The molecule has 0 radical (unpaired) electrons. The van der Waals surface area contributed by atoms with Crippen LogP contribution in [-0.4, -0.2) is 60.3 Å². The molecular weight excluding hydrogens is 424 g/mol. The molecule has 3 aromatic heterocycles. The van der Waals surface area contributed by atoms with Crippen molar-refractivity contribution < 1.29 is 14.1 Å². The van der Waals surface area contributed by atoms with Gasteiger partial charge in [-0.2, -0.15) is 0 Å². The number of carbonyl (C=O) groups is 1. The lowest BCUT2D eigenvalue weighted by molar-refractivity contribution is 0.0374. The Morgan fingerprint density at radius 1 is 1.12 bits per heavy atom. The molecule has 8 heteroatoms. The van der Waals surface area contributed by atoms with Crippen molar-refractivity contribution in [3.63, 3.8) is 0 Å². The Morgan fingerprint density at radius 3 is 2.75 bits per heavy atom. The predicted octanol–water partition coefficient (Wildman–Crippen LogP) is 4.07. The molecule has 0 aliphatic carbocycles. The Labute approximate surface area is 190 Å². The first-order valence-corrected chi connectivity index (χ1v) is 11.7. The predicted molar refractivity (Wildman–Crippen MR) is 125 cm³/mol. The van der Waals surface area contributed by atoms with Crippen LogP contribution in [0.25, 0.3) is 32.9 Å². The lowest BCUT2D eigenvalue weighted by Gasteiger charge is -2.26. The summed E-state index contributed by atoms with van der Waals surface area (Å²) in [5, 5.41) is 9.97. The fourth-order valence-corrected chi connectivity index (χ4v) is 4.58. The standard InChI is InChI=1S/C24H24N4O3S/c29-23(25-9-5-10-28-11-13-30-14-12-28)18-16-19(20-8-4-15-32-20)26-24-21(18)22(27-31-24)17-6-2-1-3-7-17/h1-4,6-8,15-16H,5,9-14H2,(H,25,29). The number of morpholine rings is 1. The number of ether oxygens (including phenoxy) is 1.